The molecule has 0 aliphatic carbocycles. The summed E-state index contributed by atoms with van der Waals surface area (Å²) >= 11 is 0. The lowest BCUT2D eigenvalue weighted by Crippen LogP contribution is -2.46. The van der Waals surface area contributed by atoms with Crippen molar-refractivity contribution < 1.29 is 4.74 Å². The first-order chi connectivity index (χ1) is 10.8. The average molecular weight is 297 g/mol. The molecule has 0 amide bonds. The molecule has 22 heavy (non-hydrogen) atoms. The van der Waals surface area contributed by atoms with Crippen LogP contribution in [0.25, 0.3) is 0 Å². The smallest absolute Gasteiger partial charge is 0.212 e. The Kier molecular flexibility index (Phi) is 4.71. The van der Waals surface area contributed by atoms with E-state index in [1.54, 1.807) is 7.11 Å². The fourth-order valence-electron chi connectivity index (χ4n) is 2.99. The zero-order valence-corrected chi connectivity index (χ0v) is 13.3. The van der Waals surface area contributed by atoms with Crippen LogP contribution in [0.4, 0.5) is 0 Å². The highest BCUT2D eigenvalue weighted by Gasteiger charge is 2.25. The molecule has 1 aliphatic heterocycles. The predicted octanol–water partition coefficient (Wildman–Crippen LogP) is 2.58. The number of aromatic nitrogens is 1. The summed E-state index contributed by atoms with van der Waals surface area (Å²) in [6.07, 6.45) is 1.91. The van der Waals surface area contributed by atoms with Gasteiger partial charge in [0, 0.05) is 44.5 Å². The van der Waals surface area contributed by atoms with Crippen LogP contribution in [0, 0.1) is 0 Å². The Hall–Kier alpha value is -1.91. The summed E-state index contributed by atoms with van der Waals surface area (Å²) in [7, 11) is 3.86. The quantitative estimate of drug-likeness (QED) is 0.867. The first kappa shape index (κ1) is 15.0. The minimum Gasteiger partial charge on any atom is -0.481 e. The number of rotatable bonds is 4. The number of hydrogen-bond donors (Lipinski definition) is 0. The second-order valence-electron chi connectivity index (χ2n) is 5.85. The van der Waals surface area contributed by atoms with Gasteiger partial charge in [-0.15, -0.1) is 0 Å². The van der Waals surface area contributed by atoms with E-state index < -0.39 is 0 Å². The molecule has 2 heterocycles. The Bertz CT molecular complexity index is 585. The Labute approximate surface area is 132 Å². The first-order valence-electron chi connectivity index (χ1n) is 7.73. The lowest BCUT2D eigenvalue weighted by Gasteiger charge is -2.39. The highest BCUT2D eigenvalue weighted by atomic mass is 16.5. The van der Waals surface area contributed by atoms with Gasteiger partial charge in [0.2, 0.25) is 5.88 Å². The molecule has 1 aromatic heterocycles. The molecule has 4 heteroatoms. The third-order valence-electron chi connectivity index (χ3n) is 4.33. The summed E-state index contributed by atoms with van der Waals surface area (Å²) in [6.45, 7) is 4.16. The van der Waals surface area contributed by atoms with Gasteiger partial charge in [-0.1, -0.05) is 36.4 Å². The van der Waals surface area contributed by atoms with E-state index in [4.69, 9.17) is 4.74 Å². The first-order valence-corrected chi connectivity index (χ1v) is 7.73. The number of piperazine rings is 1. The number of pyridine rings is 1. The van der Waals surface area contributed by atoms with Gasteiger partial charge in [0.15, 0.2) is 0 Å². The van der Waals surface area contributed by atoms with Crippen LogP contribution in [0.3, 0.4) is 0 Å². The number of likely N-dealkylation sites (N-methyl/N-ethyl adjacent to an activating group) is 1. The zero-order valence-electron chi connectivity index (χ0n) is 13.3. The zero-order chi connectivity index (χ0) is 15.4. The number of benzene rings is 1. The maximum absolute atomic E-state index is 5.12. The average Bonchev–Trinajstić information content (AvgIpc) is 2.58. The topological polar surface area (TPSA) is 28.6 Å². The molecular formula is C18H23N3O. The van der Waals surface area contributed by atoms with E-state index in [0.29, 0.717) is 11.9 Å². The molecule has 2 aromatic rings. The second-order valence-corrected chi connectivity index (χ2v) is 5.85. The molecule has 1 aromatic carbocycles. The highest BCUT2D eigenvalue weighted by molar-refractivity contribution is 5.21. The van der Waals surface area contributed by atoms with Crippen molar-refractivity contribution >= 4 is 0 Å². The van der Waals surface area contributed by atoms with Crippen LogP contribution in [-0.4, -0.2) is 48.6 Å². The van der Waals surface area contributed by atoms with Gasteiger partial charge in [-0.2, -0.15) is 0 Å². The molecule has 116 valence electrons. The molecule has 0 spiro atoms. The lowest BCUT2D eigenvalue weighted by atomic mass is 10.0. The largest absolute Gasteiger partial charge is 0.481 e. The Balaban J connectivity index is 1.67. The maximum Gasteiger partial charge on any atom is 0.212 e. The van der Waals surface area contributed by atoms with E-state index in [1.165, 1.54) is 11.1 Å². The fourth-order valence-corrected chi connectivity index (χ4v) is 2.99. The fraction of sp³-hybridized carbons (Fsp3) is 0.389. The lowest BCUT2D eigenvalue weighted by molar-refractivity contribution is 0.0904. The third-order valence-corrected chi connectivity index (χ3v) is 4.33. The van der Waals surface area contributed by atoms with Gasteiger partial charge >= 0.3 is 0 Å². The van der Waals surface area contributed by atoms with Crippen molar-refractivity contribution in [2.75, 3.05) is 33.8 Å². The minimum absolute atomic E-state index is 0.459. The Morgan fingerprint density at radius 1 is 1.14 bits per heavy atom. The normalized spacial score (nSPS) is 20.0. The van der Waals surface area contributed by atoms with Crippen LogP contribution in [0.1, 0.15) is 17.2 Å². The highest BCUT2D eigenvalue weighted by Crippen LogP contribution is 2.24. The molecule has 0 radical (unpaired) electrons. The summed E-state index contributed by atoms with van der Waals surface area (Å²) in [4.78, 5) is 9.24. The van der Waals surface area contributed by atoms with Crippen molar-refractivity contribution in [3.05, 3.63) is 59.8 Å². The van der Waals surface area contributed by atoms with Gasteiger partial charge in [-0.3, -0.25) is 9.80 Å². The van der Waals surface area contributed by atoms with E-state index in [2.05, 4.69) is 58.2 Å². The molecule has 1 saturated heterocycles. The number of ether oxygens (including phenoxy) is 1. The van der Waals surface area contributed by atoms with Crippen molar-refractivity contribution in [3.63, 3.8) is 0 Å². The van der Waals surface area contributed by atoms with Crippen molar-refractivity contribution in [2.24, 2.45) is 0 Å². The van der Waals surface area contributed by atoms with Gasteiger partial charge in [-0.25, -0.2) is 4.98 Å². The molecular weight excluding hydrogens is 274 g/mol. The molecule has 0 N–H and O–H groups in total. The monoisotopic (exact) mass is 297 g/mol. The summed E-state index contributed by atoms with van der Waals surface area (Å²) in [6, 6.07) is 15.3. The Morgan fingerprint density at radius 2 is 1.95 bits per heavy atom. The molecule has 0 bridgehead atoms. The summed E-state index contributed by atoms with van der Waals surface area (Å²) in [5.74, 6) is 0.671. The minimum atomic E-state index is 0.459. The van der Waals surface area contributed by atoms with E-state index in [-0.39, 0.29) is 0 Å². The summed E-state index contributed by atoms with van der Waals surface area (Å²) in [5.41, 5.74) is 2.62. The van der Waals surface area contributed by atoms with Crippen molar-refractivity contribution in [1.29, 1.82) is 0 Å². The maximum atomic E-state index is 5.12. The van der Waals surface area contributed by atoms with Gasteiger partial charge in [-0.05, 0) is 18.2 Å². The molecule has 0 saturated carbocycles. The van der Waals surface area contributed by atoms with Gasteiger partial charge in [0.1, 0.15) is 0 Å². The Morgan fingerprint density at radius 3 is 2.64 bits per heavy atom. The van der Waals surface area contributed by atoms with Crippen LogP contribution in [0.5, 0.6) is 5.88 Å². The summed E-state index contributed by atoms with van der Waals surface area (Å²) < 4.78 is 5.12. The van der Waals surface area contributed by atoms with Gasteiger partial charge in [0.25, 0.3) is 0 Å². The molecule has 1 atom stereocenters. The molecule has 1 fully saturated rings. The van der Waals surface area contributed by atoms with E-state index in [1.807, 2.05) is 12.3 Å². The molecule has 1 unspecified atom stereocenters. The van der Waals surface area contributed by atoms with Gasteiger partial charge < -0.3 is 4.74 Å². The number of methoxy groups -OCH3 is 1. The molecule has 4 nitrogen and oxygen atoms in total. The van der Waals surface area contributed by atoms with Crippen molar-refractivity contribution in [2.45, 2.75) is 12.6 Å². The van der Waals surface area contributed by atoms with Crippen LogP contribution in [0.2, 0.25) is 0 Å². The third kappa shape index (κ3) is 3.46. The van der Waals surface area contributed by atoms with E-state index >= 15 is 0 Å². The van der Waals surface area contributed by atoms with Crippen molar-refractivity contribution in [3.8, 4) is 5.88 Å². The van der Waals surface area contributed by atoms with Crippen LogP contribution in [0.15, 0.2) is 48.7 Å². The van der Waals surface area contributed by atoms with E-state index in [0.717, 1.165) is 26.2 Å². The van der Waals surface area contributed by atoms with Crippen LogP contribution < -0.4 is 4.74 Å². The number of hydrogen-bond acceptors (Lipinski definition) is 4. The van der Waals surface area contributed by atoms with Crippen molar-refractivity contribution in [1.82, 2.24) is 14.8 Å². The summed E-state index contributed by atoms with van der Waals surface area (Å²) in [5, 5.41) is 0. The second kappa shape index (κ2) is 6.90. The number of nitrogens with zero attached hydrogens (tertiary/aromatic N) is 3. The SMILES string of the molecule is COc1ccc(CN2CCN(C)C(c3ccccc3)C2)cn1. The molecule has 3 rings (SSSR count). The predicted molar refractivity (Wildman–Crippen MR) is 87.9 cm³/mol. The van der Waals surface area contributed by atoms with Gasteiger partial charge in [0.05, 0.1) is 7.11 Å². The van der Waals surface area contributed by atoms with E-state index in [9.17, 15) is 0 Å². The van der Waals surface area contributed by atoms with Crippen LogP contribution >= 0.6 is 0 Å². The van der Waals surface area contributed by atoms with Crippen LogP contribution in [-0.2, 0) is 6.54 Å². The molecule has 1 aliphatic rings. The standard InChI is InChI=1S/C18H23N3O/c1-20-10-11-21(13-15-8-9-18(22-2)19-12-15)14-17(20)16-6-4-3-5-7-16/h3-9,12,17H,10-11,13-14H2,1-2H3.